The Kier molecular flexibility index (Phi) is 50.6. The average Bonchev–Trinajstić information content (AvgIpc) is 2.71. The smallest absolute Gasteiger partial charge is 0.0202 e. The summed E-state index contributed by atoms with van der Waals surface area (Å²) >= 11 is 1.64. The maximum Gasteiger partial charge on any atom is 0.0202 e. The Labute approximate surface area is 76.8 Å². The van der Waals surface area contributed by atoms with E-state index in [0.29, 0.717) is 0 Å². The molecule has 0 aromatic rings. The van der Waals surface area contributed by atoms with Crippen molar-refractivity contribution in [3.8, 4) is 0 Å². The largest absolute Gasteiger partial charge is 0.229 e. The average molecular weight is 177 g/mol. The van der Waals surface area contributed by atoms with E-state index in [2.05, 4.69) is 4.40 Å². The Morgan fingerprint density at radius 3 is 1.55 bits per heavy atom. The fraction of sp³-hybridized carbons (Fsp3) is 0.889. The first-order chi connectivity index (χ1) is 5.50. The zero-order valence-electron chi connectivity index (χ0n) is 8.85. The van der Waals surface area contributed by atoms with Crippen LogP contribution in [0.2, 0.25) is 0 Å². The van der Waals surface area contributed by atoms with E-state index in [0.717, 1.165) is 0 Å². The summed E-state index contributed by atoms with van der Waals surface area (Å²) in [5.74, 6) is 1.19. The fourth-order valence-corrected chi connectivity index (χ4v) is 0.791. The van der Waals surface area contributed by atoms with Gasteiger partial charge in [-0.25, -0.2) is 4.40 Å². The summed E-state index contributed by atoms with van der Waals surface area (Å²) in [6, 6.07) is 0. The minimum atomic E-state index is 1.17. The molecule has 1 rings (SSSR count). The van der Waals surface area contributed by atoms with Crippen LogP contribution < -0.4 is 0 Å². The van der Waals surface area contributed by atoms with Crippen LogP contribution in [0.4, 0.5) is 0 Å². The van der Waals surface area contributed by atoms with Crippen LogP contribution in [0.15, 0.2) is 4.40 Å². The lowest BCUT2D eigenvalue weighted by Crippen LogP contribution is -1.62. The normalized spacial score (nSPS) is 11.1. The number of hydrogen-bond acceptors (Lipinski definition) is 2. The van der Waals surface area contributed by atoms with Crippen LogP contribution in [0, 0.1) is 0 Å². The molecule has 0 N–H and O–H groups in total. The summed E-state index contributed by atoms with van der Waals surface area (Å²) in [6.07, 6.45) is 3.12. The van der Waals surface area contributed by atoms with Gasteiger partial charge in [-0.2, -0.15) is 0 Å². The molecule has 1 aliphatic rings. The van der Waals surface area contributed by atoms with Crippen LogP contribution in [0.5, 0.6) is 0 Å². The SMILES string of the molecule is C1=NSCC1.CC.CC.CC. The highest BCUT2D eigenvalue weighted by atomic mass is 32.2. The molecule has 2 heteroatoms. The second-order valence-electron chi connectivity index (χ2n) is 0.910. The van der Waals surface area contributed by atoms with E-state index in [4.69, 9.17) is 0 Å². The van der Waals surface area contributed by atoms with E-state index in [9.17, 15) is 0 Å². The van der Waals surface area contributed by atoms with Gasteiger partial charge < -0.3 is 0 Å². The predicted molar refractivity (Wildman–Crippen MR) is 59.6 cm³/mol. The van der Waals surface area contributed by atoms with Gasteiger partial charge in [-0.3, -0.25) is 0 Å². The summed E-state index contributed by atoms with van der Waals surface area (Å²) in [5.41, 5.74) is 0. The van der Waals surface area contributed by atoms with Gasteiger partial charge in [0.15, 0.2) is 0 Å². The lowest BCUT2D eigenvalue weighted by molar-refractivity contribution is 1.39. The molecule has 0 aromatic heterocycles. The molecule has 0 aromatic carbocycles. The van der Waals surface area contributed by atoms with Crippen molar-refractivity contribution in [3.63, 3.8) is 0 Å². The summed E-state index contributed by atoms with van der Waals surface area (Å²) in [6.45, 7) is 12.0. The lowest BCUT2D eigenvalue weighted by atomic mass is 10.6. The van der Waals surface area contributed by atoms with Gasteiger partial charge in [0.1, 0.15) is 0 Å². The Bertz CT molecular complexity index is 47.5. The van der Waals surface area contributed by atoms with E-state index in [1.165, 1.54) is 12.2 Å². The third-order valence-electron chi connectivity index (χ3n) is 0.487. The quantitative estimate of drug-likeness (QED) is 0.505. The third-order valence-corrected chi connectivity index (χ3v) is 1.20. The summed E-state index contributed by atoms with van der Waals surface area (Å²) in [7, 11) is 0. The van der Waals surface area contributed by atoms with Gasteiger partial charge in [-0.15, -0.1) is 0 Å². The highest BCUT2D eigenvalue weighted by Gasteiger charge is 1.87. The standard InChI is InChI=1S/C3H5NS.3C2H6/c1-2-4-5-3-1;3*1-2/h2H,1,3H2;3*1-2H3. The van der Waals surface area contributed by atoms with E-state index in [-0.39, 0.29) is 0 Å². The molecule has 11 heavy (non-hydrogen) atoms. The topological polar surface area (TPSA) is 12.4 Å². The minimum Gasteiger partial charge on any atom is -0.229 e. The van der Waals surface area contributed by atoms with E-state index in [1.54, 1.807) is 11.9 Å². The monoisotopic (exact) mass is 177 g/mol. The highest BCUT2D eigenvalue weighted by Crippen LogP contribution is 2.07. The Hall–Kier alpha value is 0.0200. The molecule has 1 nitrogen and oxygen atoms in total. The van der Waals surface area contributed by atoms with Crippen LogP contribution in [0.25, 0.3) is 0 Å². The Morgan fingerprint density at radius 2 is 1.45 bits per heavy atom. The van der Waals surface area contributed by atoms with Gasteiger partial charge in [0, 0.05) is 12.0 Å². The summed E-state index contributed by atoms with van der Waals surface area (Å²) in [5, 5.41) is 0. The summed E-state index contributed by atoms with van der Waals surface area (Å²) < 4.78 is 3.88. The van der Waals surface area contributed by atoms with Gasteiger partial charge in [-0.05, 0) is 18.4 Å². The van der Waals surface area contributed by atoms with E-state index < -0.39 is 0 Å². The molecule has 0 amide bonds. The molecule has 1 heterocycles. The van der Waals surface area contributed by atoms with Crippen molar-refractivity contribution in [2.75, 3.05) is 5.75 Å². The zero-order valence-corrected chi connectivity index (χ0v) is 9.66. The van der Waals surface area contributed by atoms with Crippen molar-refractivity contribution < 1.29 is 0 Å². The van der Waals surface area contributed by atoms with Gasteiger partial charge in [0.2, 0.25) is 0 Å². The van der Waals surface area contributed by atoms with Crippen LogP contribution >= 0.6 is 11.9 Å². The van der Waals surface area contributed by atoms with Crippen LogP contribution in [-0.4, -0.2) is 12.0 Å². The lowest BCUT2D eigenvalue weighted by Gasteiger charge is -1.66. The maximum absolute atomic E-state index is 3.88. The molecular weight excluding hydrogens is 154 g/mol. The minimum absolute atomic E-state index is 1.17. The molecule has 0 fully saturated rings. The van der Waals surface area contributed by atoms with E-state index >= 15 is 0 Å². The highest BCUT2D eigenvalue weighted by molar-refractivity contribution is 7.98. The number of rotatable bonds is 0. The van der Waals surface area contributed by atoms with Crippen molar-refractivity contribution in [2.45, 2.75) is 48.0 Å². The van der Waals surface area contributed by atoms with Crippen molar-refractivity contribution in [2.24, 2.45) is 4.40 Å². The molecule has 0 aliphatic carbocycles. The van der Waals surface area contributed by atoms with Crippen molar-refractivity contribution in [3.05, 3.63) is 0 Å². The molecule has 0 saturated carbocycles. The first kappa shape index (κ1) is 17.2. The van der Waals surface area contributed by atoms with Gasteiger partial charge in [-0.1, -0.05) is 41.5 Å². The molecule has 0 atom stereocenters. The van der Waals surface area contributed by atoms with Gasteiger partial charge in [0.05, 0.1) is 0 Å². The molecule has 70 valence electrons. The number of nitrogens with zero attached hydrogens (tertiary/aromatic N) is 1. The first-order valence-corrected chi connectivity index (χ1v) is 5.58. The van der Waals surface area contributed by atoms with Crippen LogP contribution in [-0.2, 0) is 0 Å². The molecule has 0 radical (unpaired) electrons. The van der Waals surface area contributed by atoms with E-state index in [1.807, 2.05) is 47.8 Å². The van der Waals surface area contributed by atoms with Gasteiger partial charge in [0.25, 0.3) is 0 Å². The number of hydrogen-bond donors (Lipinski definition) is 0. The molecule has 0 saturated heterocycles. The molecule has 0 unspecified atom stereocenters. The molecular formula is C9H23NS. The molecule has 1 aliphatic heterocycles. The third kappa shape index (κ3) is 25.6. The van der Waals surface area contributed by atoms with Crippen molar-refractivity contribution in [1.29, 1.82) is 0 Å². The van der Waals surface area contributed by atoms with Crippen LogP contribution in [0.3, 0.4) is 0 Å². The molecule has 0 spiro atoms. The summed E-state index contributed by atoms with van der Waals surface area (Å²) in [4.78, 5) is 0. The molecule has 0 bridgehead atoms. The first-order valence-electron chi connectivity index (χ1n) is 4.64. The second kappa shape index (κ2) is 32.3. The predicted octanol–water partition coefficient (Wildman–Crippen LogP) is 4.19. The second-order valence-corrected chi connectivity index (χ2v) is 1.79. The van der Waals surface area contributed by atoms with Crippen molar-refractivity contribution in [1.82, 2.24) is 0 Å². The van der Waals surface area contributed by atoms with Crippen molar-refractivity contribution >= 4 is 18.2 Å². The van der Waals surface area contributed by atoms with Gasteiger partial charge >= 0.3 is 0 Å². The Balaban J connectivity index is -0.0000000933. The van der Waals surface area contributed by atoms with Crippen LogP contribution in [0.1, 0.15) is 48.0 Å². The zero-order chi connectivity index (χ0) is 9.54. The fourth-order valence-electron chi connectivity index (χ4n) is 0.264. The maximum atomic E-state index is 3.88. The Morgan fingerprint density at radius 1 is 1.00 bits per heavy atom.